The van der Waals surface area contributed by atoms with Gasteiger partial charge in [0, 0.05) is 10.4 Å². The Morgan fingerprint density at radius 1 is 1.17 bits per heavy atom. The Bertz CT molecular complexity index is 643. The molecule has 24 heavy (non-hydrogen) atoms. The second kappa shape index (κ2) is 10.5. The van der Waals surface area contributed by atoms with Gasteiger partial charge in [0.25, 0.3) is 0 Å². The Kier molecular flexibility index (Phi) is 9.09. The molecular formula is C20H28ClNOS. The number of benzene rings is 1. The zero-order valence-electron chi connectivity index (χ0n) is 15.5. The Hall–Kier alpha value is -1.32. The highest BCUT2D eigenvalue weighted by Gasteiger charge is 2.14. The molecule has 132 valence electrons. The number of allylic oxidation sites excluding steroid dienone is 2. The maximum atomic E-state index is 6.10. The monoisotopic (exact) mass is 365 g/mol. The summed E-state index contributed by atoms with van der Waals surface area (Å²) in [4.78, 5) is 5.72. The lowest BCUT2D eigenvalue weighted by Gasteiger charge is -2.11. The summed E-state index contributed by atoms with van der Waals surface area (Å²) in [5, 5.41) is 0. The van der Waals surface area contributed by atoms with Gasteiger partial charge >= 0.3 is 0 Å². The van der Waals surface area contributed by atoms with Crippen molar-refractivity contribution in [3.05, 3.63) is 45.8 Å². The van der Waals surface area contributed by atoms with Crippen LogP contribution in [0.15, 0.2) is 36.4 Å². The van der Waals surface area contributed by atoms with Crippen LogP contribution in [0, 0.1) is 5.92 Å². The third-order valence-electron chi connectivity index (χ3n) is 3.08. The quantitative estimate of drug-likeness (QED) is 0.530. The molecule has 0 aliphatic heterocycles. The van der Waals surface area contributed by atoms with Crippen LogP contribution in [0.25, 0.3) is 11.3 Å². The van der Waals surface area contributed by atoms with Crippen LogP contribution < -0.4 is 4.74 Å². The molecule has 0 aliphatic carbocycles. The average Bonchev–Trinajstić information content (AvgIpc) is 2.87. The predicted molar refractivity (Wildman–Crippen MR) is 107 cm³/mol. The van der Waals surface area contributed by atoms with Gasteiger partial charge in [-0.3, -0.25) is 0 Å². The van der Waals surface area contributed by atoms with Crippen LogP contribution in [0.1, 0.15) is 46.4 Å². The maximum absolute atomic E-state index is 6.10. The van der Waals surface area contributed by atoms with Crippen molar-refractivity contribution in [2.24, 2.45) is 5.92 Å². The van der Waals surface area contributed by atoms with E-state index >= 15 is 0 Å². The minimum atomic E-state index is 0.166. The summed E-state index contributed by atoms with van der Waals surface area (Å²) in [6.07, 6.45) is 5.16. The van der Waals surface area contributed by atoms with Gasteiger partial charge in [-0.2, -0.15) is 0 Å². The van der Waals surface area contributed by atoms with Crippen molar-refractivity contribution in [1.82, 2.24) is 4.98 Å². The van der Waals surface area contributed by atoms with E-state index < -0.39 is 0 Å². The zero-order valence-corrected chi connectivity index (χ0v) is 17.0. The standard InChI is InChI=1S/C16H20ClNOS.C4H8/c1-10(2)8-14-15(18-16(17)20-14)12-6-5-7-13(9-12)19-11(3)4;1-3-4-2/h5-7,9-11H,8H2,1-4H3;3-4H,1-2H3/b;4-3-. The second-order valence-corrected chi connectivity index (χ2v) is 7.86. The van der Waals surface area contributed by atoms with Crippen molar-refractivity contribution in [2.45, 2.75) is 54.1 Å². The van der Waals surface area contributed by atoms with E-state index in [1.807, 2.05) is 58.0 Å². The summed E-state index contributed by atoms with van der Waals surface area (Å²) >= 11 is 7.67. The van der Waals surface area contributed by atoms with Crippen LogP contribution in [-0.2, 0) is 6.42 Å². The van der Waals surface area contributed by atoms with Crippen LogP contribution in [-0.4, -0.2) is 11.1 Å². The molecular weight excluding hydrogens is 338 g/mol. The van der Waals surface area contributed by atoms with Crippen molar-refractivity contribution < 1.29 is 4.74 Å². The Balaban J connectivity index is 0.000000648. The van der Waals surface area contributed by atoms with Gasteiger partial charge in [0.05, 0.1) is 11.8 Å². The number of rotatable bonds is 5. The third kappa shape index (κ3) is 7.06. The maximum Gasteiger partial charge on any atom is 0.184 e. The van der Waals surface area contributed by atoms with Gasteiger partial charge < -0.3 is 4.74 Å². The predicted octanol–water partition coefficient (Wildman–Crippen LogP) is 7.03. The highest BCUT2D eigenvalue weighted by atomic mass is 35.5. The van der Waals surface area contributed by atoms with Gasteiger partial charge in [-0.25, -0.2) is 4.98 Å². The van der Waals surface area contributed by atoms with Crippen LogP contribution in [0.3, 0.4) is 0 Å². The van der Waals surface area contributed by atoms with E-state index in [4.69, 9.17) is 16.3 Å². The van der Waals surface area contributed by atoms with Gasteiger partial charge in [0.1, 0.15) is 5.75 Å². The molecule has 1 aromatic carbocycles. The molecule has 0 aliphatic rings. The lowest BCUT2D eigenvalue weighted by atomic mass is 10.0. The van der Waals surface area contributed by atoms with Gasteiger partial charge in [-0.05, 0) is 52.2 Å². The fraction of sp³-hybridized carbons (Fsp3) is 0.450. The van der Waals surface area contributed by atoms with E-state index in [2.05, 4.69) is 24.9 Å². The molecule has 0 amide bonds. The minimum Gasteiger partial charge on any atom is -0.491 e. The van der Waals surface area contributed by atoms with Crippen molar-refractivity contribution in [3.8, 4) is 17.0 Å². The summed E-state index contributed by atoms with van der Waals surface area (Å²) in [5.74, 6) is 1.46. The number of aromatic nitrogens is 1. The largest absolute Gasteiger partial charge is 0.491 e. The summed E-state index contributed by atoms with van der Waals surface area (Å²) in [6.45, 7) is 12.5. The number of ether oxygens (including phenoxy) is 1. The highest BCUT2D eigenvalue weighted by Crippen LogP contribution is 2.34. The molecule has 0 saturated heterocycles. The Morgan fingerprint density at radius 3 is 2.38 bits per heavy atom. The van der Waals surface area contributed by atoms with E-state index in [9.17, 15) is 0 Å². The molecule has 1 heterocycles. The minimum absolute atomic E-state index is 0.166. The molecule has 0 N–H and O–H groups in total. The van der Waals surface area contributed by atoms with Crippen molar-refractivity contribution in [3.63, 3.8) is 0 Å². The smallest absolute Gasteiger partial charge is 0.184 e. The fourth-order valence-corrected chi connectivity index (χ4v) is 3.43. The normalized spacial score (nSPS) is 11.0. The molecule has 0 saturated carbocycles. The first-order chi connectivity index (χ1) is 11.4. The molecule has 0 unspecified atom stereocenters. The Labute approximate surface area is 155 Å². The van der Waals surface area contributed by atoms with Gasteiger partial charge in [-0.15, -0.1) is 11.3 Å². The number of thiazole rings is 1. The first-order valence-corrected chi connectivity index (χ1v) is 9.56. The fourth-order valence-electron chi connectivity index (χ4n) is 2.05. The highest BCUT2D eigenvalue weighted by molar-refractivity contribution is 7.16. The molecule has 0 bridgehead atoms. The van der Waals surface area contributed by atoms with Crippen molar-refractivity contribution in [2.75, 3.05) is 0 Å². The first-order valence-electron chi connectivity index (χ1n) is 8.36. The van der Waals surface area contributed by atoms with Crippen molar-refractivity contribution in [1.29, 1.82) is 0 Å². The van der Waals surface area contributed by atoms with E-state index in [0.717, 1.165) is 23.4 Å². The lowest BCUT2D eigenvalue weighted by Crippen LogP contribution is -2.05. The molecule has 4 heteroatoms. The van der Waals surface area contributed by atoms with E-state index in [-0.39, 0.29) is 6.10 Å². The van der Waals surface area contributed by atoms with Crippen LogP contribution in [0.2, 0.25) is 4.47 Å². The lowest BCUT2D eigenvalue weighted by molar-refractivity contribution is 0.242. The molecule has 2 aromatic rings. The Morgan fingerprint density at radius 2 is 1.83 bits per heavy atom. The molecule has 0 radical (unpaired) electrons. The molecule has 0 atom stereocenters. The van der Waals surface area contributed by atoms with Crippen molar-refractivity contribution >= 4 is 22.9 Å². The summed E-state index contributed by atoms with van der Waals surface area (Å²) in [7, 11) is 0. The number of hydrogen-bond acceptors (Lipinski definition) is 3. The van der Waals surface area contributed by atoms with Crippen LogP contribution >= 0.6 is 22.9 Å². The summed E-state index contributed by atoms with van der Waals surface area (Å²) in [5.41, 5.74) is 2.06. The van der Waals surface area contributed by atoms with E-state index in [0.29, 0.717) is 10.4 Å². The van der Waals surface area contributed by atoms with Crippen LogP contribution in [0.4, 0.5) is 0 Å². The van der Waals surface area contributed by atoms with Gasteiger partial charge in [0.15, 0.2) is 4.47 Å². The number of nitrogens with zero attached hydrogens (tertiary/aromatic N) is 1. The molecule has 0 fully saturated rings. The molecule has 1 aromatic heterocycles. The number of hydrogen-bond donors (Lipinski definition) is 0. The van der Waals surface area contributed by atoms with E-state index in [1.165, 1.54) is 4.88 Å². The van der Waals surface area contributed by atoms with E-state index in [1.54, 1.807) is 11.3 Å². The first kappa shape index (κ1) is 20.7. The SMILES string of the molecule is C/C=C\C.CC(C)Cc1sc(Cl)nc1-c1cccc(OC(C)C)c1. The van der Waals surface area contributed by atoms with Gasteiger partial charge in [-0.1, -0.05) is 49.7 Å². The number of halogens is 1. The van der Waals surface area contributed by atoms with Crippen LogP contribution in [0.5, 0.6) is 5.75 Å². The molecule has 2 nitrogen and oxygen atoms in total. The molecule has 2 rings (SSSR count). The zero-order chi connectivity index (χ0) is 18.1. The third-order valence-corrected chi connectivity index (χ3v) is 4.26. The summed E-state index contributed by atoms with van der Waals surface area (Å²) < 4.78 is 6.35. The second-order valence-electron chi connectivity index (χ2n) is 6.20. The summed E-state index contributed by atoms with van der Waals surface area (Å²) in [6, 6.07) is 8.07. The topological polar surface area (TPSA) is 22.1 Å². The molecule has 0 spiro atoms. The average molecular weight is 366 g/mol. The van der Waals surface area contributed by atoms with Gasteiger partial charge in [0.2, 0.25) is 0 Å².